The third kappa shape index (κ3) is 3.73. The van der Waals surface area contributed by atoms with Gasteiger partial charge in [-0.15, -0.1) is 4.31 Å². The van der Waals surface area contributed by atoms with Crippen LogP contribution in [-0.2, 0) is 20.9 Å². The standard InChI is InChI=1S/C18H22N2O4S/c1-19(13-24-14-22)11-6-16-15(12-21)4-2-5-17(16)25(23)20-10-3-7-18(20)8-9-18/h2,4-6,11-12,14H,3,7-10,13H2,1H3/b11-6-. The monoisotopic (exact) mass is 362 g/mol. The molecule has 1 saturated heterocycles. The van der Waals surface area contributed by atoms with E-state index in [1.54, 1.807) is 36.4 Å². The Balaban J connectivity index is 1.87. The van der Waals surface area contributed by atoms with Crippen molar-refractivity contribution >= 4 is 30.2 Å². The smallest absolute Gasteiger partial charge is 0.294 e. The maximum atomic E-state index is 13.2. The fraction of sp³-hybridized carbons (Fsp3) is 0.444. The van der Waals surface area contributed by atoms with Crippen molar-refractivity contribution in [3.8, 4) is 0 Å². The van der Waals surface area contributed by atoms with Gasteiger partial charge in [0.1, 0.15) is 0 Å². The predicted molar refractivity (Wildman–Crippen MR) is 95.0 cm³/mol. The van der Waals surface area contributed by atoms with Gasteiger partial charge in [0.05, 0.1) is 16.9 Å². The molecule has 2 fully saturated rings. The maximum Gasteiger partial charge on any atom is 0.294 e. The van der Waals surface area contributed by atoms with E-state index in [1.165, 1.54) is 0 Å². The van der Waals surface area contributed by atoms with Crippen LogP contribution < -0.4 is 0 Å². The zero-order valence-corrected chi connectivity index (χ0v) is 15.0. The van der Waals surface area contributed by atoms with Crippen LogP contribution in [0.25, 0.3) is 6.08 Å². The molecule has 0 bridgehead atoms. The van der Waals surface area contributed by atoms with Gasteiger partial charge in [-0.25, -0.2) is 0 Å². The van der Waals surface area contributed by atoms with Crippen LogP contribution in [0, 0.1) is 0 Å². The molecule has 1 aromatic carbocycles. The summed E-state index contributed by atoms with van der Waals surface area (Å²) < 4.78 is 20.0. The molecule has 1 spiro atoms. The van der Waals surface area contributed by atoms with Crippen LogP contribution >= 0.6 is 0 Å². The summed E-state index contributed by atoms with van der Waals surface area (Å²) in [7, 11) is 1.75. The van der Waals surface area contributed by atoms with E-state index in [0.29, 0.717) is 22.5 Å². The van der Waals surface area contributed by atoms with E-state index in [9.17, 15) is 14.1 Å². The first-order chi connectivity index (χ1) is 12.1. The van der Waals surface area contributed by atoms with E-state index in [4.69, 9.17) is 4.74 Å². The minimum Gasteiger partial charge on any atom is -0.593 e. The molecule has 1 saturated carbocycles. The summed E-state index contributed by atoms with van der Waals surface area (Å²) in [6.45, 7) is 1.32. The van der Waals surface area contributed by atoms with Crippen LogP contribution in [0.3, 0.4) is 0 Å². The number of carbonyl (C=O) groups excluding carboxylic acids is 2. The molecule has 0 N–H and O–H groups in total. The molecule has 0 aromatic heterocycles. The van der Waals surface area contributed by atoms with Gasteiger partial charge in [0.2, 0.25) is 0 Å². The highest BCUT2D eigenvalue weighted by molar-refractivity contribution is 7.89. The minimum absolute atomic E-state index is 0.108. The van der Waals surface area contributed by atoms with Crippen LogP contribution in [-0.4, -0.2) is 52.4 Å². The molecular weight excluding hydrogens is 340 g/mol. The van der Waals surface area contributed by atoms with Gasteiger partial charge in [-0.05, 0) is 37.8 Å². The number of aldehydes is 1. The van der Waals surface area contributed by atoms with Gasteiger partial charge < -0.3 is 14.2 Å². The third-order valence-electron chi connectivity index (χ3n) is 4.82. The second-order valence-corrected chi connectivity index (χ2v) is 7.90. The van der Waals surface area contributed by atoms with Crippen molar-refractivity contribution in [1.29, 1.82) is 0 Å². The molecule has 1 heterocycles. The summed E-state index contributed by atoms with van der Waals surface area (Å²) in [5.74, 6) is 0. The third-order valence-corrected chi connectivity index (χ3v) is 6.52. The molecule has 0 amide bonds. The summed E-state index contributed by atoms with van der Waals surface area (Å²) >= 11 is -1.29. The normalized spacial score (nSPS) is 19.9. The highest BCUT2D eigenvalue weighted by atomic mass is 32.2. The van der Waals surface area contributed by atoms with E-state index >= 15 is 0 Å². The van der Waals surface area contributed by atoms with Gasteiger partial charge in [0, 0.05) is 30.9 Å². The second kappa shape index (κ2) is 7.59. The van der Waals surface area contributed by atoms with E-state index in [2.05, 4.69) is 4.31 Å². The van der Waals surface area contributed by atoms with Crippen LogP contribution in [0.2, 0.25) is 0 Å². The molecule has 1 aromatic rings. The second-order valence-electron chi connectivity index (χ2n) is 6.52. The summed E-state index contributed by atoms with van der Waals surface area (Å²) in [5.41, 5.74) is 1.25. The van der Waals surface area contributed by atoms with E-state index in [-0.39, 0.29) is 12.3 Å². The Morgan fingerprint density at radius 1 is 1.36 bits per heavy atom. The van der Waals surface area contributed by atoms with Crippen LogP contribution in [0.15, 0.2) is 29.3 Å². The average molecular weight is 362 g/mol. The van der Waals surface area contributed by atoms with Crippen molar-refractivity contribution in [3.63, 3.8) is 0 Å². The van der Waals surface area contributed by atoms with E-state index < -0.39 is 11.4 Å². The highest BCUT2D eigenvalue weighted by Gasteiger charge is 2.56. The van der Waals surface area contributed by atoms with Gasteiger partial charge >= 0.3 is 0 Å². The molecule has 25 heavy (non-hydrogen) atoms. The molecule has 0 radical (unpaired) electrons. The van der Waals surface area contributed by atoms with Crippen molar-refractivity contribution in [1.82, 2.24) is 9.21 Å². The summed E-state index contributed by atoms with van der Waals surface area (Å²) in [5, 5.41) is 0. The lowest BCUT2D eigenvalue weighted by Crippen LogP contribution is -2.37. The quantitative estimate of drug-likeness (QED) is 0.401. The van der Waals surface area contributed by atoms with Crippen LogP contribution in [0.5, 0.6) is 0 Å². The minimum atomic E-state index is -1.29. The van der Waals surface area contributed by atoms with Gasteiger partial charge in [-0.1, -0.05) is 12.1 Å². The Morgan fingerprint density at radius 2 is 2.16 bits per heavy atom. The van der Waals surface area contributed by atoms with Crippen molar-refractivity contribution in [3.05, 3.63) is 35.5 Å². The average Bonchev–Trinajstić information content (AvgIpc) is 3.28. The van der Waals surface area contributed by atoms with Gasteiger partial charge in [0.15, 0.2) is 17.9 Å². The fourth-order valence-corrected chi connectivity index (χ4v) is 5.05. The Morgan fingerprint density at radius 3 is 2.84 bits per heavy atom. The summed E-state index contributed by atoms with van der Waals surface area (Å²) in [6, 6.07) is 5.30. The summed E-state index contributed by atoms with van der Waals surface area (Å²) in [4.78, 5) is 24.0. The van der Waals surface area contributed by atoms with Gasteiger partial charge in [0.25, 0.3) is 6.47 Å². The Labute approximate surface area is 150 Å². The zero-order valence-electron chi connectivity index (χ0n) is 14.2. The molecule has 134 valence electrons. The Bertz CT molecular complexity index is 675. The summed E-state index contributed by atoms with van der Waals surface area (Å²) in [6.07, 6.45) is 8.61. The van der Waals surface area contributed by atoms with Crippen molar-refractivity contribution < 1.29 is 18.9 Å². The highest BCUT2D eigenvalue weighted by Crippen LogP contribution is 2.52. The molecule has 3 rings (SSSR count). The van der Waals surface area contributed by atoms with Gasteiger partial charge in [-0.3, -0.25) is 9.59 Å². The zero-order chi connectivity index (χ0) is 17.9. The molecule has 7 heteroatoms. The van der Waals surface area contributed by atoms with E-state index in [0.717, 1.165) is 38.5 Å². The molecule has 1 aliphatic carbocycles. The molecule has 1 aliphatic heterocycles. The lowest BCUT2D eigenvalue weighted by atomic mass is 10.1. The van der Waals surface area contributed by atoms with Crippen LogP contribution in [0.4, 0.5) is 0 Å². The molecule has 6 nitrogen and oxygen atoms in total. The van der Waals surface area contributed by atoms with Crippen molar-refractivity contribution in [2.75, 3.05) is 20.3 Å². The number of benzene rings is 1. The largest absolute Gasteiger partial charge is 0.593 e. The lowest BCUT2D eigenvalue weighted by molar-refractivity contribution is -0.131. The maximum absolute atomic E-state index is 13.2. The first kappa shape index (κ1) is 18.0. The Hall–Kier alpha value is -1.83. The number of nitrogens with zero attached hydrogens (tertiary/aromatic N) is 2. The SMILES string of the molecule is CN(/C=C\c1c(C=O)cccc1[S+]([O-])N1CCCC12CC2)COC=O. The fourth-order valence-electron chi connectivity index (χ4n) is 3.32. The number of hydrogen-bond donors (Lipinski definition) is 0. The lowest BCUT2D eigenvalue weighted by Gasteiger charge is -2.26. The molecule has 1 unspecified atom stereocenters. The van der Waals surface area contributed by atoms with Crippen molar-refractivity contribution in [2.24, 2.45) is 0 Å². The topological polar surface area (TPSA) is 72.9 Å². The Kier molecular flexibility index (Phi) is 5.46. The van der Waals surface area contributed by atoms with Crippen LogP contribution in [0.1, 0.15) is 41.6 Å². The number of ether oxygens (including phenoxy) is 1. The molecule has 2 aliphatic rings. The van der Waals surface area contributed by atoms with E-state index in [1.807, 2.05) is 6.07 Å². The number of rotatable bonds is 8. The number of hydrogen-bond acceptors (Lipinski definition) is 6. The number of carbonyl (C=O) groups is 2. The first-order valence-electron chi connectivity index (χ1n) is 8.33. The van der Waals surface area contributed by atoms with Crippen molar-refractivity contribution in [2.45, 2.75) is 36.1 Å². The van der Waals surface area contributed by atoms with Gasteiger partial charge in [-0.2, -0.15) is 0 Å². The first-order valence-corrected chi connectivity index (χ1v) is 9.43. The molecule has 1 atom stereocenters. The molecular formula is C18H22N2O4S. The predicted octanol–water partition coefficient (Wildman–Crippen LogP) is 2.18.